The second-order valence-electron chi connectivity index (χ2n) is 8.23. The van der Waals surface area contributed by atoms with Gasteiger partial charge in [-0.05, 0) is 35.9 Å². The van der Waals surface area contributed by atoms with Gasteiger partial charge in [-0.1, -0.05) is 17.7 Å². The molecular weight excluding hydrogens is 638 g/mol. The molecule has 0 radical (unpaired) electrons. The van der Waals surface area contributed by atoms with Crippen LogP contribution in [0.5, 0.6) is 0 Å². The van der Waals surface area contributed by atoms with E-state index in [1.54, 1.807) is 5.32 Å². The molecule has 0 fully saturated rings. The first-order valence-corrected chi connectivity index (χ1v) is 11.1. The van der Waals surface area contributed by atoms with E-state index in [0.717, 1.165) is 0 Å². The molecule has 19 heteroatoms. The fraction of sp³-hybridized carbons (Fsp3) is 0.304. The SMILES string of the molecule is O=C(CNC(=O)c1ccc(C(F)=CC(c2cc(F)c(Cl)c(C(F)(F)F)c2)C(F)(F)F)cc1C(F)(F)F)NCC(F)(F)F. The Labute approximate surface area is 230 Å². The highest BCUT2D eigenvalue weighted by molar-refractivity contribution is 6.31. The van der Waals surface area contributed by atoms with Crippen LogP contribution >= 0.6 is 11.6 Å². The zero-order valence-corrected chi connectivity index (χ0v) is 20.7. The van der Waals surface area contributed by atoms with Gasteiger partial charge in [0.1, 0.15) is 24.1 Å². The Morgan fingerprint density at radius 3 is 1.90 bits per heavy atom. The van der Waals surface area contributed by atoms with Crippen LogP contribution in [0.3, 0.4) is 0 Å². The molecule has 2 aromatic rings. The number of carbonyl (C=O) groups excluding carboxylic acids is 2. The van der Waals surface area contributed by atoms with E-state index >= 15 is 0 Å². The predicted octanol–water partition coefficient (Wildman–Crippen LogP) is 7.58. The lowest BCUT2D eigenvalue weighted by atomic mass is 9.94. The summed E-state index contributed by atoms with van der Waals surface area (Å²) in [5.41, 5.74) is -8.06. The molecule has 1 atom stereocenters. The van der Waals surface area contributed by atoms with Crippen molar-refractivity contribution in [1.29, 1.82) is 0 Å². The van der Waals surface area contributed by atoms with Crippen LogP contribution in [0.4, 0.5) is 61.5 Å². The smallest absolute Gasteiger partial charge is 0.345 e. The number of hydrogen-bond acceptors (Lipinski definition) is 2. The predicted molar refractivity (Wildman–Crippen MR) is 117 cm³/mol. The number of nitrogens with one attached hydrogen (secondary N) is 2. The Kier molecular flexibility index (Phi) is 10.2. The third-order valence-corrected chi connectivity index (χ3v) is 5.51. The maximum Gasteiger partial charge on any atom is 0.417 e. The highest BCUT2D eigenvalue weighted by Gasteiger charge is 2.43. The number of benzene rings is 2. The van der Waals surface area contributed by atoms with Crippen LogP contribution in [0.2, 0.25) is 5.02 Å². The molecule has 1 unspecified atom stereocenters. The Morgan fingerprint density at radius 1 is 0.833 bits per heavy atom. The monoisotopic (exact) mass is 650 g/mol. The van der Waals surface area contributed by atoms with Crippen molar-refractivity contribution in [3.63, 3.8) is 0 Å². The summed E-state index contributed by atoms with van der Waals surface area (Å²) < 4.78 is 186. The number of hydrogen-bond donors (Lipinski definition) is 2. The van der Waals surface area contributed by atoms with E-state index in [1.807, 2.05) is 0 Å². The molecule has 42 heavy (non-hydrogen) atoms. The van der Waals surface area contributed by atoms with Gasteiger partial charge in [0, 0.05) is 5.56 Å². The lowest BCUT2D eigenvalue weighted by Crippen LogP contribution is -2.41. The Hall–Kier alpha value is -3.57. The molecule has 0 saturated heterocycles. The van der Waals surface area contributed by atoms with Crippen molar-refractivity contribution in [2.45, 2.75) is 30.6 Å². The van der Waals surface area contributed by atoms with Gasteiger partial charge in [-0.2, -0.15) is 52.7 Å². The molecule has 0 aliphatic rings. The molecule has 0 heterocycles. The zero-order chi connectivity index (χ0) is 32.4. The Morgan fingerprint density at radius 2 is 1.40 bits per heavy atom. The third-order valence-electron chi connectivity index (χ3n) is 5.12. The molecular formula is C23H13ClF14N2O2. The number of allylic oxidation sites excluding steroid dienone is 1. The van der Waals surface area contributed by atoms with Gasteiger partial charge in [0.2, 0.25) is 5.91 Å². The molecule has 0 aromatic heterocycles. The summed E-state index contributed by atoms with van der Waals surface area (Å²) in [5, 5.41) is 1.32. The largest absolute Gasteiger partial charge is 0.417 e. The van der Waals surface area contributed by atoms with Gasteiger partial charge in [0.05, 0.1) is 28.3 Å². The maximum atomic E-state index is 14.9. The minimum Gasteiger partial charge on any atom is -0.345 e. The van der Waals surface area contributed by atoms with Crippen LogP contribution in [0.25, 0.3) is 5.83 Å². The lowest BCUT2D eigenvalue weighted by molar-refractivity contribution is -0.142. The van der Waals surface area contributed by atoms with Gasteiger partial charge in [-0.15, -0.1) is 0 Å². The minimum atomic E-state index is -5.60. The van der Waals surface area contributed by atoms with Crippen molar-refractivity contribution in [3.05, 3.63) is 75.1 Å². The molecule has 0 bridgehead atoms. The normalized spacial score (nSPS) is 14.0. The zero-order valence-electron chi connectivity index (χ0n) is 19.9. The highest BCUT2D eigenvalue weighted by atomic mass is 35.5. The summed E-state index contributed by atoms with van der Waals surface area (Å²) in [6, 6.07) is 0.213. The molecule has 0 saturated carbocycles. The first-order valence-electron chi connectivity index (χ1n) is 10.7. The Balaban J connectivity index is 2.49. The molecule has 2 rings (SSSR count). The van der Waals surface area contributed by atoms with Gasteiger partial charge in [-0.25, -0.2) is 8.78 Å². The maximum absolute atomic E-state index is 14.9. The van der Waals surface area contributed by atoms with Crippen LogP contribution in [0.1, 0.15) is 38.5 Å². The average Bonchev–Trinajstić information content (AvgIpc) is 2.83. The van der Waals surface area contributed by atoms with Gasteiger partial charge >= 0.3 is 24.7 Å². The molecule has 0 aliphatic heterocycles. The molecule has 2 amide bonds. The van der Waals surface area contributed by atoms with Crippen molar-refractivity contribution >= 4 is 29.2 Å². The van der Waals surface area contributed by atoms with Crippen molar-refractivity contribution in [1.82, 2.24) is 10.6 Å². The quantitative estimate of drug-likeness (QED) is 0.304. The molecule has 0 spiro atoms. The Bertz CT molecular complexity index is 1360. The van der Waals surface area contributed by atoms with Gasteiger partial charge < -0.3 is 10.6 Å². The fourth-order valence-corrected chi connectivity index (χ4v) is 3.48. The minimum absolute atomic E-state index is 0.0705. The van der Waals surface area contributed by atoms with Crippen LogP contribution in [-0.4, -0.2) is 37.3 Å². The van der Waals surface area contributed by atoms with E-state index in [4.69, 9.17) is 11.6 Å². The van der Waals surface area contributed by atoms with Crippen LogP contribution in [-0.2, 0) is 17.1 Å². The topological polar surface area (TPSA) is 58.2 Å². The number of amides is 2. The first kappa shape index (κ1) is 34.6. The van der Waals surface area contributed by atoms with E-state index in [9.17, 15) is 71.1 Å². The average molecular weight is 651 g/mol. The number of rotatable bonds is 7. The number of carbonyl (C=O) groups is 2. The summed E-state index contributed by atoms with van der Waals surface area (Å²) in [7, 11) is 0. The number of halogens is 15. The molecule has 232 valence electrons. The van der Waals surface area contributed by atoms with Crippen LogP contribution < -0.4 is 10.6 Å². The summed E-state index contributed by atoms with van der Waals surface area (Å²) in [6.45, 7) is -3.05. The van der Waals surface area contributed by atoms with Crippen molar-refractivity contribution in [3.8, 4) is 0 Å². The van der Waals surface area contributed by atoms with E-state index in [-0.39, 0.29) is 24.3 Å². The van der Waals surface area contributed by atoms with E-state index in [1.165, 1.54) is 5.32 Å². The van der Waals surface area contributed by atoms with Gasteiger partial charge in [0.15, 0.2) is 0 Å². The van der Waals surface area contributed by atoms with E-state index in [2.05, 4.69) is 0 Å². The molecule has 2 aromatic carbocycles. The van der Waals surface area contributed by atoms with Crippen LogP contribution in [0.15, 0.2) is 36.4 Å². The molecule has 4 nitrogen and oxygen atoms in total. The standard InChI is InChI=1S/C23H13ClF14N2O2/c24-18-14(23(36,37)38)4-10(5-16(18)26)12(21(30,31)32)6-15(25)9-1-2-11(13(3-9)22(33,34)35)19(42)39-7-17(41)40-8-20(27,28)29/h1-6,12H,7-8H2,(H,39,42)(H,40,41). The summed E-state index contributed by atoms with van der Waals surface area (Å²) in [5.74, 6) is -10.5. The fourth-order valence-electron chi connectivity index (χ4n) is 3.26. The lowest BCUT2D eigenvalue weighted by Gasteiger charge is -2.20. The summed E-state index contributed by atoms with van der Waals surface area (Å²) in [4.78, 5) is 23.5. The second-order valence-corrected chi connectivity index (χ2v) is 8.61. The summed E-state index contributed by atoms with van der Waals surface area (Å²) >= 11 is 5.17. The highest BCUT2D eigenvalue weighted by Crippen LogP contribution is 2.43. The molecule has 0 aliphatic carbocycles. The molecule has 2 N–H and O–H groups in total. The van der Waals surface area contributed by atoms with E-state index in [0.29, 0.717) is 6.07 Å². The van der Waals surface area contributed by atoms with Gasteiger partial charge in [0.25, 0.3) is 5.91 Å². The van der Waals surface area contributed by atoms with E-state index < -0.39 is 106 Å². The first-order chi connectivity index (χ1) is 18.9. The van der Waals surface area contributed by atoms with Crippen LogP contribution in [0, 0.1) is 5.82 Å². The number of alkyl halides is 12. The second kappa shape index (κ2) is 12.3. The van der Waals surface area contributed by atoms with Gasteiger partial charge in [-0.3, -0.25) is 9.59 Å². The van der Waals surface area contributed by atoms with Crippen molar-refractivity contribution < 1.29 is 71.1 Å². The van der Waals surface area contributed by atoms with Crippen molar-refractivity contribution in [2.24, 2.45) is 0 Å². The third kappa shape index (κ3) is 9.22. The van der Waals surface area contributed by atoms with Crippen molar-refractivity contribution in [2.75, 3.05) is 13.1 Å². The summed E-state index contributed by atoms with van der Waals surface area (Å²) in [6.07, 6.45) is -21.8.